The third kappa shape index (κ3) is 2.98. The van der Waals surface area contributed by atoms with Crippen LogP contribution in [0.25, 0.3) is 0 Å². The Morgan fingerprint density at radius 3 is 2.79 bits per heavy atom. The van der Waals surface area contributed by atoms with Gasteiger partial charge in [-0.1, -0.05) is 15.9 Å². The maximum Gasteiger partial charge on any atom is 0.243 e. The Bertz CT molecular complexity index is 618. The standard InChI is InChI=1S/C12H14BrN3O2S/c1-16(11-2-3-15-8-11)19(17,18)12-5-9(7-14)4-10(13)6-12/h4-6,11,15H,2-3,8H2,1H3. The summed E-state index contributed by atoms with van der Waals surface area (Å²) in [7, 11) is -1.98. The molecule has 0 spiro atoms. The molecule has 1 N–H and O–H groups in total. The van der Waals surface area contributed by atoms with Crippen LogP contribution in [0.1, 0.15) is 12.0 Å². The molecule has 0 aromatic heterocycles. The molecule has 1 aliphatic rings. The number of hydrogen-bond acceptors (Lipinski definition) is 4. The number of rotatable bonds is 3. The molecule has 1 saturated heterocycles. The van der Waals surface area contributed by atoms with Crippen molar-refractivity contribution in [3.63, 3.8) is 0 Å². The van der Waals surface area contributed by atoms with E-state index in [1.54, 1.807) is 13.1 Å². The normalized spacial score (nSPS) is 19.6. The molecule has 1 unspecified atom stereocenters. The van der Waals surface area contributed by atoms with Crippen LogP contribution in [0, 0.1) is 11.3 Å². The van der Waals surface area contributed by atoms with Crippen molar-refractivity contribution in [3.05, 3.63) is 28.2 Å². The van der Waals surface area contributed by atoms with E-state index < -0.39 is 10.0 Å². The molecular weight excluding hydrogens is 330 g/mol. The minimum absolute atomic E-state index is 0.0329. The van der Waals surface area contributed by atoms with Crippen molar-refractivity contribution in [2.75, 3.05) is 20.1 Å². The van der Waals surface area contributed by atoms with Gasteiger partial charge in [0.15, 0.2) is 0 Å². The number of nitrogens with zero attached hydrogens (tertiary/aromatic N) is 2. The van der Waals surface area contributed by atoms with Crippen molar-refractivity contribution in [1.82, 2.24) is 9.62 Å². The van der Waals surface area contributed by atoms with Crippen molar-refractivity contribution >= 4 is 26.0 Å². The molecule has 1 aliphatic heterocycles. The Kier molecular flexibility index (Phi) is 4.26. The molecule has 0 amide bonds. The first-order chi connectivity index (χ1) is 8.95. The van der Waals surface area contributed by atoms with Gasteiger partial charge >= 0.3 is 0 Å². The monoisotopic (exact) mass is 343 g/mol. The van der Waals surface area contributed by atoms with Crippen molar-refractivity contribution in [3.8, 4) is 6.07 Å². The molecule has 1 aromatic rings. The number of nitrogens with one attached hydrogen (secondary N) is 1. The zero-order valence-electron chi connectivity index (χ0n) is 10.4. The molecule has 1 atom stereocenters. The van der Waals surface area contributed by atoms with Crippen LogP contribution in [-0.2, 0) is 10.0 Å². The fourth-order valence-corrected chi connectivity index (χ4v) is 4.19. The van der Waals surface area contributed by atoms with Gasteiger partial charge in [0.05, 0.1) is 16.5 Å². The first-order valence-electron chi connectivity index (χ1n) is 5.84. The van der Waals surface area contributed by atoms with E-state index in [-0.39, 0.29) is 10.9 Å². The third-order valence-corrected chi connectivity index (χ3v) is 5.57. The van der Waals surface area contributed by atoms with E-state index in [9.17, 15) is 8.42 Å². The van der Waals surface area contributed by atoms with Crippen LogP contribution >= 0.6 is 15.9 Å². The summed E-state index contributed by atoms with van der Waals surface area (Å²) in [6, 6.07) is 6.45. The second-order valence-electron chi connectivity index (χ2n) is 4.46. The van der Waals surface area contributed by atoms with E-state index in [0.29, 0.717) is 16.6 Å². The van der Waals surface area contributed by atoms with Gasteiger partial charge in [-0.25, -0.2) is 8.42 Å². The van der Waals surface area contributed by atoms with E-state index in [4.69, 9.17) is 5.26 Å². The van der Waals surface area contributed by atoms with Gasteiger partial charge < -0.3 is 5.32 Å². The summed E-state index contributed by atoms with van der Waals surface area (Å²) in [5.41, 5.74) is 0.325. The minimum Gasteiger partial charge on any atom is -0.315 e. The van der Waals surface area contributed by atoms with Gasteiger partial charge in [-0.05, 0) is 31.2 Å². The molecular formula is C12H14BrN3O2S. The van der Waals surface area contributed by atoms with Gasteiger partial charge in [0.25, 0.3) is 0 Å². The van der Waals surface area contributed by atoms with Gasteiger partial charge in [0.2, 0.25) is 10.0 Å². The van der Waals surface area contributed by atoms with Crippen LogP contribution in [-0.4, -0.2) is 38.9 Å². The molecule has 1 aromatic carbocycles. The highest BCUT2D eigenvalue weighted by molar-refractivity contribution is 9.10. The van der Waals surface area contributed by atoms with E-state index >= 15 is 0 Å². The predicted octanol–water partition coefficient (Wildman–Crippen LogP) is 1.30. The lowest BCUT2D eigenvalue weighted by Gasteiger charge is -2.23. The van der Waals surface area contributed by atoms with Crippen LogP contribution in [0.5, 0.6) is 0 Å². The highest BCUT2D eigenvalue weighted by Crippen LogP contribution is 2.24. The van der Waals surface area contributed by atoms with Crippen LogP contribution in [0.4, 0.5) is 0 Å². The summed E-state index contributed by atoms with van der Waals surface area (Å²) < 4.78 is 27.0. The van der Waals surface area contributed by atoms with E-state index in [0.717, 1.165) is 13.0 Å². The van der Waals surface area contributed by atoms with Crippen molar-refractivity contribution in [2.45, 2.75) is 17.4 Å². The summed E-state index contributed by atoms with van der Waals surface area (Å²) in [5.74, 6) is 0. The average molecular weight is 344 g/mol. The second kappa shape index (κ2) is 5.59. The molecule has 0 radical (unpaired) electrons. The highest BCUT2D eigenvalue weighted by Gasteiger charge is 2.30. The molecule has 7 heteroatoms. The lowest BCUT2D eigenvalue weighted by atomic mass is 10.2. The predicted molar refractivity (Wildman–Crippen MR) is 75.1 cm³/mol. The number of hydrogen-bond donors (Lipinski definition) is 1. The first-order valence-corrected chi connectivity index (χ1v) is 8.08. The van der Waals surface area contributed by atoms with E-state index in [1.807, 2.05) is 6.07 Å². The maximum atomic E-state index is 12.5. The first kappa shape index (κ1) is 14.5. The fraction of sp³-hybridized carbons (Fsp3) is 0.417. The maximum absolute atomic E-state index is 12.5. The molecule has 19 heavy (non-hydrogen) atoms. The molecule has 102 valence electrons. The number of halogens is 1. The quantitative estimate of drug-likeness (QED) is 0.897. The van der Waals surface area contributed by atoms with Crippen LogP contribution in [0.3, 0.4) is 0 Å². The number of likely N-dealkylation sites (N-methyl/N-ethyl adjacent to an activating group) is 1. The zero-order valence-corrected chi connectivity index (χ0v) is 12.8. The summed E-state index contributed by atoms with van der Waals surface area (Å²) in [5, 5.41) is 12.1. The lowest BCUT2D eigenvalue weighted by Crippen LogP contribution is -2.38. The number of sulfonamides is 1. The summed E-state index contributed by atoms with van der Waals surface area (Å²) in [6.07, 6.45) is 0.800. The van der Waals surface area contributed by atoms with Crippen LogP contribution < -0.4 is 5.32 Å². The molecule has 0 bridgehead atoms. The highest BCUT2D eigenvalue weighted by atomic mass is 79.9. The topological polar surface area (TPSA) is 73.2 Å². The molecule has 0 saturated carbocycles. The van der Waals surface area contributed by atoms with Gasteiger partial charge in [0, 0.05) is 24.1 Å². The summed E-state index contributed by atoms with van der Waals surface area (Å²) in [4.78, 5) is 0.146. The Morgan fingerprint density at radius 2 is 2.21 bits per heavy atom. The lowest BCUT2D eigenvalue weighted by molar-refractivity contribution is 0.387. The molecule has 1 heterocycles. The Balaban J connectivity index is 2.39. The van der Waals surface area contributed by atoms with Crippen LogP contribution in [0.2, 0.25) is 0 Å². The van der Waals surface area contributed by atoms with E-state index in [2.05, 4.69) is 21.2 Å². The molecule has 0 aliphatic carbocycles. The summed E-state index contributed by atoms with van der Waals surface area (Å²) >= 11 is 3.23. The SMILES string of the molecule is CN(C1CCNC1)S(=O)(=O)c1cc(Br)cc(C#N)c1. The average Bonchev–Trinajstić information content (AvgIpc) is 2.90. The van der Waals surface area contributed by atoms with Gasteiger partial charge in [-0.3, -0.25) is 0 Å². The largest absolute Gasteiger partial charge is 0.315 e. The van der Waals surface area contributed by atoms with Crippen molar-refractivity contribution < 1.29 is 8.42 Å². The zero-order chi connectivity index (χ0) is 14.0. The molecule has 5 nitrogen and oxygen atoms in total. The van der Waals surface area contributed by atoms with Crippen molar-refractivity contribution in [2.24, 2.45) is 0 Å². The molecule has 2 rings (SSSR count). The Hall–Kier alpha value is -0.940. The van der Waals surface area contributed by atoms with Gasteiger partial charge in [-0.2, -0.15) is 9.57 Å². The van der Waals surface area contributed by atoms with Gasteiger partial charge in [0.1, 0.15) is 0 Å². The Labute approximate surface area is 121 Å². The van der Waals surface area contributed by atoms with Crippen molar-refractivity contribution in [1.29, 1.82) is 5.26 Å². The number of benzene rings is 1. The molecule has 1 fully saturated rings. The summed E-state index contributed by atoms with van der Waals surface area (Å²) in [6.45, 7) is 1.49. The van der Waals surface area contributed by atoms with E-state index in [1.165, 1.54) is 16.4 Å². The van der Waals surface area contributed by atoms with Gasteiger partial charge in [-0.15, -0.1) is 0 Å². The fourth-order valence-electron chi connectivity index (χ4n) is 2.09. The Morgan fingerprint density at radius 1 is 1.47 bits per heavy atom. The smallest absolute Gasteiger partial charge is 0.243 e. The minimum atomic E-state index is -3.57. The third-order valence-electron chi connectivity index (χ3n) is 3.23. The number of nitriles is 1. The second-order valence-corrected chi connectivity index (χ2v) is 7.37. The van der Waals surface area contributed by atoms with Crippen LogP contribution in [0.15, 0.2) is 27.6 Å².